The molecule has 0 amide bonds. The van der Waals surface area contributed by atoms with Gasteiger partial charge in [0.2, 0.25) is 0 Å². The van der Waals surface area contributed by atoms with Crippen molar-refractivity contribution in [1.82, 2.24) is 0 Å². The van der Waals surface area contributed by atoms with Gasteiger partial charge in [-0.05, 0) is 51.4 Å². The smallest absolute Gasteiger partial charge is 0.305 e. The van der Waals surface area contributed by atoms with Crippen LogP contribution < -0.4 is 0 Å². The van der Waals surface area contributed by atoms with E-state index in [1.54, 1.807) is 0 Å². The minimum Gasteiger partial charge on any atom is -0.466 e. The molecule has 0 saturated heterocycles. The summed E-state index contributed by atoms with van der Waals surface area (Å²) in [4.78, 5) is 23.7. The van der Waals surface area contributed by atoms with Gasteiger partial charge in [-0.15, -0.1) is 0 Å². The zero-order valence-electron chi connectivity index (χ0n) is 20.7. The van der Waals surface area contributed by atoms with Gasteiger partial charge in [-0.25, -0.2) is 0 Å². The largest absolute Gasteiger partial charge is 0.466 e. The van der Waals surface area contributed by atoms with Crippen molar-refractivity contribution >= 4 is 11.9 Å². The number of esters is 2. The minimum atomic E-state index is -0.714. The van der Waals surface area contributed by atoms with Crippen LogP contribution in [0.15, 0.2) is 0 Å². The summed E-state index contributed by atoms with van der Waals surface area (Å²) >= 11 is 0. The predicted molar refractivity (Wildman–Crippen MR) is 124 cm³/mol. The lowest BCUT2D eigenvalue weighted by molar-refractivity contribution is -0.149. The molecule has 184 valence electrons. The number of hydrogen-bond acceptors (Lipinski definition) is 6. The molecule has 0 aromatic heterocycles. The van der Waals surface area contributed by atoms with E-state index < -0.39 is 5.60 Å². The maximum atomic E-state index is 12.0. The molecule has 6 heteroatoms. The van der Waals surface area contributed by atoms with Gasteiger partial charge in [0.1, 0.15) is 0 Å². The summed E-state index contributed by atoms with van der Waals surface area (Å²) in [6.45, 7) is 10.6. The number of carbonyl (C=O) groups excluding carboxylic acids is 2. The highest BCUT2D eigenvalue weighted by molar-refractivity contribution is 5.70. The van der Waals surface area contributed by atoms with Gasteiger partial charge in [0.25, 0.3) is 0 Å². The number of ether oxygens (including phenoxy) is 2. The van der Waals surface area contributed by atoms with Gasteiger partial charge in [0.05, 0.1) is 24.9 Å². The molecule has 0 aliphatic heterocycles. The van der Waals surface area contributed by atoms with E-state index in [0.29, 0.717) is 51.6 Å². The van der Waals surface area contributed by atoms with Crippen LogP contribution in [0.2, 0.25) is 0 Å². The van der Waals surface area contributed by atoms with Gasteiger partial charge in [-0.3, -0.25) is 9.59 Å². The van der Waals surface area contributed by atoms with E-state index in [9.17, 15) is 19.8 Å². The Morgan fingerprint density at radius 3 is 1.94 bits per heavy atom. The van der Waals surface area contributed by atoms with E-state index in [1.165, 1.54) is 0 Å². The standard InChI is InChI=1S/C25H48O6/c1-6-21(26)15-11-9-10-14-18-30-22(27)16-12-13-17-23(28)31-20-24(4,5)19-25(29,7-2)8-3/h21,26,29H,6-20H2,1-5H3. The summed E-state index contributed by atoms with van der Waals surface area (Å²) in [5.41, 5.74) is -0.996. The third kappa shape index (κ3) is 16.2. The maximum Gasteiger partial charge on any atom is 0.305 e. The van der Waals surface area contributed by atoms with E-state index in [0.717, 1.165) is 38.5 Å². The van der Waals surface area contributed by atoms with Crippen LogP contribution in [0.5, 0.6) is 0 Å². The van der Waals surface area contributed by atoms with Gasteiger partial charge in [0, 0.05) is 18.3 Å². The lowest BCUT2D eigenvalue weighted by Gasteiger charge is -2.34. The first-order valence-electron chi connectivity index (χ1n) is 12.3. The number of carbonyl (C=O) groups is 2. The van der Waals surface area contributed by atoms with E-state index in [-0.39, 0.29) is 30.1 Å². The molecule has 0 aliphatic carbocycles. The molecule has 0 aromatic carbocycles. The van der Waals surface area contributed by atoms with Crippen molar-refractivity contribution in [3.05, 3.63) is 0 Å². The Labute approximate surface area is 190 Å². The van der Waals surface area contributed by atoms with Crippen LogP contribution in [-0.4, -0.2) is 47.1 Å². The topological polar surface area (TPSA) is 93.1 Å². The highest BCUT2D eigenvalue weighted by atomic mass is 16.5. The van der Waals surface area contributed by atoms with Crippen LogP contribution in [0.3, 0.4) is 0 Å². The molecule has 1 unspecified atom stereocenters. The molecule has 6 nitrogen and oxygen atoms in total. The van der Waals surface area contributed by atoms with Crippen LogP contribution >= 0.6 is 0 Å². The Kier molecular flexibility index (Phi) is 15.9. The summed E-state index contributed by atoms with van der Waals surface area (Å²) in [6, 6.07) is 0. The normalized spacial score (nSPS) is 13.1. The summed E-state index contributed by atoms with van der Waals surface area (Å²) < 4.78 is 10.6. The summed E-state index contributed by atoms with van der Waals surface area (Å²) in [7, 11) is 0. The van der Waals surface area contributed by atoms with E-state index in [4.69, 9.17) is 9.47 Å². The third-order valence-electron chi connectivity index (χ3n) is 5.93. The highest BCUT2D eigenvalue weighted by Gasteiger charge is 2.32. The minimum absolute atomic E-state index is 0.191. The van der Waals surface area contributed by atoms with Crippen molar-refractivity contribution < 1.29 is 29.3 Å². The maximum absolute atomic E-state index is 12.0. The fraction of sp³-hybridized carbons (Fsp3) is 0.920. The molecule has 1 atom stereocenters. The van der Waals surface area contributed by atoms with Crippen LogP contribution in [-0.2, 0) is 19.1 Å². The van der Waals surface area contributed by atoms with Gasteiger partial charge in [-0.2, -0.15) is 0 Å². The highest BCUT2D eigenvalue weighted by Crippen LogP contribution is 2.32. The van der Waals surface area contributed by atoms with Crippen LogP contribution in [0.4, 0.5) is 0 Å². The molecule has 31 heavy (non-hydrogen) atoms. The number of hydrogen-bond donors (Lipinski definition) is 2. The van der Waals surface area contributed by atoms with Crippen molar-refractivity contribution in [2.24, 2.45) is 5.41 Å². The van der Waals surface area contributed by atoms with Crippen molar-refractivity contribution in [3.8, 4) is 0 Å². The van der Waals surface area contributed by atoms with Gasteiger partial charge in [0.15, 0.2) is 0 Å². The van der Waals surface area contributed by atoms with Crippen LogP contribution in [0.25, 0.3) is 0 Å². The Morgan fingerprint density at radius 1 is 0.839 bits per heavy atom. The monoisotopic (exact) mass is 444 g/mol. The number of unbranched alkanes of at least 4 members (excludes halogenated alkanes) is 4. The van der Waals surface area contributed by atoms with Gasteiger partial charge in [-0.1, -0.05) is 53.9 Å². The average Bonchev–Trinajstić information content (AvgIpc) is 2.74. The van der Waals surface area contributed by atoms with Crippen LogP contribution in [0, 0.1) is 5.41 Å². The van der Waals surface area contributed by atoms with Crippen molar-refractivity contribution in [1.29, 1.82) is 0 Å². The lowest BCUT2D eigenvalue weighted by atomic mass is 9.78. The molecule has 2 N–H and O–H groups in total. The first kappa shape index (κ1) is 29.9. The Bertz CT molecular complexity index is 484. The quantitative estimate of drug-likeness (QED) is 0.207. The Morgan fingerprint density at radius 2 is 1.39 bits per heavy atom. The molecule has 0 heterocycles. The van der Waals surface area contributed by atoms with E-state index in [1.807, 2.05) is 34.6 Å². The molecule has 0 fully saturated rings. The van der Waals surface area contributed by atoms with Crippen molar-refractivity contribution in [2.75, 3.05) is 13.2 Å². The summed E-state index contributed by atoms with van der Waals surface area (Å²) in [5.74, 6) is -0.472. The van der Waals surface area contributed by atoms with Gasteiger partial charge >= 0.3 is 11.9 Å². The summed E-state index contributed by atoms with van der Waals surface area (Å²) in [6.07, 6.45) is 9.13. The zero-order chi connectivity index (χ0) is 23.8. The first-order valence-corrected chi connectivity index (χ1v) is 12.3. The molecular formula is C25H48O6. The molecule has 0 aromatic rings. The Balaban J connectivity index is 3.76. The third-order valence-corrected chi connectivity index (χ3v) is 5.93. The van der Waals surface area contributed by atoms with E-state index >= 15 is 0 Å². The van der Waals surface area contributed by atoms with Crippen molar-refractivity contribution in [2.45, 2.75) is 130 Å². The number of aliphatic hydroxyl groups excluding tert-OH is 1. The summed E-state index contributed by atoms with van der Waals surface area (Å²) in [5, 5.41) is 20.0. The van der Waals surface area contributed by atoms with Gasteiger partial charge < -0.3 is 19.7 Å². The predicted octanol–water partition coefficient (Wildman–Crippen LogP) is 5.32. The van der Waals surface area contributed by atoms with Crippen LogP contribution in [0.1, 0.15) is 118 Å². The second-order valence-corrected chi connectivity index (χ2v) is 9.63. The molecule has 0 radical (unpaired) electrons. The SMILES string of the molecule is CCC(O)CCCCCCOC(=O)CCCCC(=O)OCC(C)(C)CC(O)(CC)CC. The molecule has 0 saturated carbocycles. The van der Waals surface area contributed by atoms with Crippen molar-refractivity contribution in [3.63, 3.8) is 0 Å². The fourth-order valence-corrected chi connectivity index (χ4v) is 3.63. The molecule has 0 rings (SSSR count). The number of rotatable bonds is 19. The zero-order valence-corrected chi connectivity index (χ0v) is 20.7. The second-order valence-electron chi connectivity index (χ2n) is 9.63. The second kappa shape index (κ2) is 16.5. The molecule has 0 aliphatic rings. The fourth-order valence-electron chi connectivity index (χ4n) is 3.63. The average molecular weight is 445 g/mol. The lowest BCUT2D eigenvalue weighted by Crippen LogP contribution is -2.36. The number of aliphatic hydroxyl groups is 2. The molecule has 0 spiro atoms. The first-order chi connectivity index (χ1) is 14.6. The molecular weight excluding hydrogens is 396 g/mol. The molecule has 0 bridgehead atoms. The Hall–Kier alpha value is -1.14. The van der Waals surface area contributed by atoms with E-state index in [2.05, 4.69) is 0 Å².